The van der Waals surface area contributed by atoms with Gasteiger partial charge >= 0.3 is 0 Å². The van der Waals surface area contributed by atoms with Crippen molar-refractivity contribution in [3.8, 4) is 0 Å². The predicted octanol–water partition coefficient (Wildman–Crippen LogP) is 3.11. The number of aromatic nitrogens is 3. The molecule has 36 heavy (non-hydrogen) atoms. The largest absolute Gasteiger partial charge is 0.348 e. The van der Waals surface area contributed by atoms with Crippen molar-refractivity contribution < 1.29 is 4.79 Å². The van der Waals surface area contributed by atoms with Crippen molar-refractivity contribution in [2.45, 2.75) is 26.1 Å². The van der Waals surface area contributed by atoms with Crippen LogP contribution in [0.15, 0.2) is 65.2 Å². The third-order valence-corrected chi connectivity index (χ3v) is 6.30. The number of azide groups is 1. The number of nitrogens with one attached hydrogen (secondary N) is 1. The Balaban J connectivity index is 1.40. The van der Waals surface area contributed by atoms with Gasteiger partial charge in [0.25, 0.3) is 5.56 Å². The highest BCUT2D eigenvalue weighted by molar-refractivity contribution is 5.87. The smallest absolute Gasteiger partial charge is 0.252 e. The van der Waals surface area contributed by atoms with E-state index in [4.69, 9.17) is 5.53 Å². The molecule has 1 atom stereocenters. The molecular formula is C25H29N9O2. The highest BCUT2D eigenvalue weighted by Gasteiger charge is 2.19. The van der Waals surface area contributed by atoms with Crippen LogP contribution in [0.3, 0.4) is 0 Å². The first kappa shape index (κ1) is 24.9. The molecule has 1 aliphatic rings. The van der Waals surface area contributed by atoms with E-state index in [1.165, 1.54) is 22.3 Å². The molecule has 0 saturated carbocycles. The highest BCUT2D eigenvalue weighted by Crippen LogP contribution is 2.20. The van der Waals surface area contributed by atoms with Crippen LogP contribution in [0.4, 0.5) is 5.95 Å². The Morgan fingerprint density at radius 2 is 1.97 bits per heavy atom. The Kier molecular flexibility index (Phi) is 7.94. The molecule has 1 aromatic carbocycles. The summed E-state index contributed by atoms with van der Waals surface area (Å²) < 4.78 is 1.49. The van der Waals surface area contributed by atoms with E-state index in [2.05, 4.69) is 61.1 Å². The number of pyridine rings is 1. The lowest BCUT2D eigenvalue weighted by molar-refractivity contribution is -0.127. The van der Waals surface area contributed by atoms with Crippen LogP contribution in [-0.4, -0.2) is 63.0 Å². The van der Waals surface area contributed by atoms with Gasteiger partial charge in [0.1, 0.15) is 5.65 Å². The van der Waals surface area contributed by atoms with Crippen LogP contribution in [0, 0.1) is 0 Å². The minimum Gasteiger partial charge on any atom is -0.348 e. The van der Waals surface area contributed by atoms with Crippen LogP contribution in [0.1, 0.15) is 24.1 Å². The fourth-order valence-corrected chi connectivity index (χ4v) is 4.25. The van der Waals surface area contributed by atoms with Crippen LogP contribution in [-0.2, 0) is 17.9 Å². The molecule has 0 spiro atoms. The van der Waals surface area contributed by atoms with E-state index in [-0.39, 0.29) is 30.6 Å². The van der Waals surface area contributed by atoms with E-state index < -0.39 is 0 Å². The summed E-state index contributed by atoms with van der Waals surface area (Å²) in [5.41, 5.74) is 11.1. The standard InChI is InChI=1S/C25H29N9O2/c1-3-22(35)33-14-12-32(13-15-33)17-19-4-6-20(7-5-19)18(2)29-25-27-16-21-8-9-23(36)34(24(21)30-25)11-10-28-31-26/h3-9,16,18H,1,10-15,17H2,2H3,(H,27,29,30). The van der Waals surface area contributed by atoms with Crippen LogP contribution in [0.25, 0.3) is 21.5 Å². The topological polar surface area (TPSA) is 132 Å². The van der Waals surface area contributed by atoms with Crippen molar-refractivity contribution in [2.75, 3.05) is 38.0 Å². The molecule has 11 heteroatoms. The summed E-state index contributed by atoms with van der Waals surface area (Å²) >= 11 is 0. The fraction of sp³-hybridized carbons (Fsp3) is 0.360. The molecule has 3 aromatic rings. The Morgan fingerprint density at radius 3 is 2.67 bits per heavy atom. The number of nitrogens with zero attached hydrogens (tertiary/aromatic N) is 8. The first-order valence-electron chi connectivity index (χ1n) is 11.8. The van der Waals surface area contributed by atoms with Crippen molar-refractivity contribution in [3.63, 3.8) is 0 Å². The molecule has 2 aromatic heterocycles. The van der Waals surface area contributed by atoms with Gasteiger partial charge in [-0.05, 0) is 35.7 Å². The van der Waals surface area contributed by atoms with Gasteiger partial charge in [-0.2, -0.15) is 4.98 Å². The second-order valence-corrected chi connectivity index (χ2v) is 8.66. The summed E-state index contributed by atoms with van der Waals surface area (Å²) in [6.45, 7) is 9.94. The van der Waals surface area contributed by atoms with E-state index in [1.807, 2.05) is 11.8 Å². The second kappa shape index (κ2) is 11.5. The second-order valence-electron chi connectivity index (χ2n) is 8.66. The van der Waals surface area contributed by atoms with E-state index in [1.54, 1.807) is 12.3 Å². The lowest BCUT2D eigenvalue weighted by Gasteiger charge is -2.34. The van der Waals surface area contributed by atoms with Crippen molar-refractivity contribution in [2.24, 2.45) is 5.11 Å². The van der Waals surface area contributed by atoms with Gasteiger partial charge in [0.15, 0.2) is 0 Å². The molecule has 1 saturated heterocycles. The molecule has 0 radical (unpaired) electrons. The summed E-state index contributed by atoms with van der Waals surface area (Å²) in [5.74, 6) is 0.404. The maximum absolute atomic E-state index is 12.3. The number of piperazine rings is 1. The zero-order chi connectivity index (χ0) is 25.5. The maximum atomic E-state index is 12.3. The number of amides is 1. The van der Waals surface area contributed by atoms with Gasteiger partial charge in [-0.25, -0.2) is 4.98 Å². The number of hydrogen-bond acceptors (Lipinski definition) is 7. The predicted molar refractivity (Wildman–Crippen MR) is 138 cm³/mol. The monoisotopic (exact) mass is 487 g/mol. The summed E-state index contributed by atoms with van der Waals surface area (Å²) in [7, 11) is 0. The highest BCUT2D eigenvalue weighted by atomic mass is 16.2. The van der Waals surface area contributed by atoms with Crippen molar-refractivity contribution >= 4 is 22.9 Å². The van der Waals surface area contributed by atoms with Crippen molar-refractivity contribution in [1.82, 2.24) is 24.3 Å². The molecule has 4 rings (SSSR count). The van der Waals surface area contributed by atoms with Gasteiger partial charge in [0, 0.05) is 68.4 Å². The molecule has 1 fully saturated rings. The Hall–Kier alpha value is -4.21. The lowest BCUT2D eigenvalue weighted by Crippen LogP contribution is -2.47. The average Bonchev–Trinajstić information content (AvgIpc) is 2.90. The van der Waals surface area contributed by atoms with Crippen LogP contribution < -0.4 is 10.9 Å². The van der Waals surface area contributed by atoms with Crippen LogP contribution >= 0.6 is 0 Å². The van der Waals surface area contributed by atoms with Gasteiger partial charge in [0.2, 0.25) is 11.9 Å². The SMILES string of the molecule is C=CC(=O)N1CCN(Cc2ccc(C(C)Nc3ncc4ccc(=O)n(CCN=[N+]=[N-])c4n3)cc2)CC1. The lowest BCUT2D eigenvalue weighted by atomic mass is 10.1. The first-order valence-corrected chi connectivity index (χ1v) is 11.8. The molecule has 0 bridgehead atoms. The van der Waals surface area contributed by atoms with Gasteiger partial charge in [-0.1, -0.05) is 36.0 Å². The number of carbonyl (C=O) groups is 1. The van der Waals surface area contributed by atoms with Gasteiger partial charge in [0.05, 0.1) is 6.04 Å². The molecular weight excluding hydrogens is 458 g/mol. The van der Waals surface area contributed by atoms with Gasteiger partial charge in [-0.15, -0.1) is 0 Å². The van der Waals surface area contributed by atoms with E-state index in [0.29, 0.717) is 11.6 Å². The fourth-order valence-electron chi connectivity index (χ4n) is 4.25. The summed E-state index contributed by atoms with van der Waals surface area (Å²) in [4.78, 5) is 40.0. The average molecular weight is 488 g/mol. The van der Waals surface area contributed by atoms with E-state index >= 15 is 0 Å². The van der Waals surface area contributed by atoms with E-state index in [9.17, 15) is 9.59 Å². The quantitative estimate of drug-likeness (QED) is 0.213. The molecule has 1 N–H and O–H groups in total. The Labute approximate surface area is 208 Å². The number of carbonyl (C=O) groups excluding carboxylic acids is 1. The van der Waals surface area contributed by atoms with Crippen molar-refractivity contribution in [1.29, 1.82) is 0 Å². The number of rotatable bonds is 9. The summed E-state index contributed by atoms with van der Waals surface area (Å²) in [5, 5.41) is 7.56. The summed E-state index contributed by atoms with van der Waals surface area (Å²) in [6.07, 6.45) is 3.05. The number of benzene rings is 1. The van der Waals surface area contributed by atoms with Gasteiger partial charge < -0.3 is 10.2 Å². The van der Waals surface area contributed by atoms with Crippen LogP contribution in [0.2, 0.25) is 0 Å². The Bertz CT molecular complexity index is 1340. The molecule has 3 heterocycles. The molecule has 0 aliphatic carbocycles. The minimum atomic E-state index is -0.211. The number of hydrogen-bond donors (Lipinski definition) is 1. The molecule has 1 aliphatic heterocycles. The molecule has 1 unspecified atom stereocenters. The minimum absolute atomic E-state index is 0.00710. The zero-order valence-corrected chi connectivity index (χ0v) is 20.2. The number of fused-ring (bicyclic) bond motifs is 1. The molecule has 1 amide bonds. The van der Waals surface area contributed by atoms with Crippen molar-refractivity contribution in [3.05, 3.63) is 87.2 Å². The number of anilines is 1. The first-order chi connectivity index (χ1) is 17.5. The van der Waals surface area contributed by atoms with E-state index in [0.717, 1.165) is 43.7 Å². The molecule has 186 valence electrons. The zero-order valence-electron chi connectivity index (χ0n) is 20.2. The Morgan fingerprint density at radius 1 is 1.22 bits per heavy atom. The van der Waals surface area contributed by atoms with Gasteiger partial charge in [-0.3, -0.25) is 19.1 Å². The summed E-state index contributed by atoms with van der Waals surface area (Å²) in [6, 6.07) is 11.5. The maximum Gasteiger partial charge on any atom is 0.252 e. The van der Waals surface area contributed by atoms with Crippen LogP contribution in [0.5, 0.6) is 0 Å². The third-order valence-electron chi connectivity index (χ3n) is 6.30. The molecule has 11 nitrogen and oxygen atoms in total. The normalized spacial score (nSPS) is 14.8. The third kappa shape index (κ3) is 5.88.